The van der Waals surface area contributed by atoms with Gasteiger partial charge in [-0.2, -0.15) is 0 Å². The number of anilines is 1. The van der Waals surface area contributed by atoms with E-state index in [9.17, 15) is 14.4 Å². The molecule has 1 aliphatic heterocycles. The number of ether oxygens (including phenoxy) is 2. The van der Waals surface area contributed by atoms with Gasteiger partial charge < -0.3 is 29.4 Å². The highest BCUT2D eigenvalue weighted by atomic mass is 16.5. The number of hydrogen-bond donors (Lipinski definition) is 2. The number of carbonyl (C=O) groups excluding carboxylic acids is 3. The predicted octanol–water partition coefficient (Wildman–Crippen LogP) is 1.90. The standard InChI is InChI=1S/C21H25N3O6/c1-28-16-3-4-18(29-2)17(11-16)23-20(26)19(25)22-12-14-5-8-24(9-6-14)21(27)15-7-10-30-13-15/h3-4,7,10-11,13-14H,5-6,8-9,12H2,1-2H3,(H,22,25)(H,23,26). The second-order valence-electron chi connectivity index (χ2n) is 6.98. The minimum absolute atomic E-state index is 0.0575. The quantitative estimate of drug-likeness (QED) is 0.698. The molecular weight excluding hydrogens is 390 g/mol. The number of nitrogens with one attached hydrogen (secondary N) is 2. The van der Waals surface area contributed by atoms with Crippen molar-refractivity contribution in [1.29, 1.82) is 0 Å². The largest absolute Gasteiger partial charge is 0.497 e. The third-order valence-corrected chi connectivity index (χ3v) is 5.08. The van der Waals surface area contributed by atoms with Crippen LogP contribution in [0.15, 0.2) is 41.2 Å². The molecule has 1 aromatic heterocycles. The molecule has 9 nitrogen and oxygen atoms in total. The zero-order chi connectivity index (χ0) is 21.5. The van der Waals surface area contributed by atoms with Gasteiger partial charge in [-0.15, -0.1) is 0 Å². The van der Waals surface area contributed by atoms with Crippen molar-refractivity contribution in [2.75, 3.05) is 39.2 Å². The third-order valence-electron chi connectivity index (χ3n) is 5.08. The molecule has 2 aromatic rings. The molecule has 0 radical (unpaired) electrons. The number of likely N-dealkylation sites (tertiary alicyclic amines) is 1. The number of hydrogen-bond acceptors (Lipinski definition) is 6. The number of amides is 3. The molecule has 0 atom stereocenters. The van der Waals surface area contributed by atoms with Crippen LogP contribution in [0.25, 0.3) is 0 Å². The SMILES string of the molecule is COc1ccc(OC)c(NC(=O)C(=O)NCC2CCN(C(=O)c3ccoc3)CC2)c1. The van der Waals surface area contributed by atoms with Crippen LogP contribution in [0.4, 0.5) is 5.69 Å². The number of methoxy groups -OCH3 is 2. The molecule has 30 heavy (non-hydrogen) atoms. The Balaban J connectivity index is 1.46. The zero-order valence-corrected chi connectivity index (χ0v) is 17.0. The van der Waals surface area contributed by atoms with Gasteiger partial charge in [-0.3, -0.25) is 14.4 Å². The summed E-state index contributed by atoms with van der Waals surface area (Å²) in [4.78, 5) is 38.5. The molecule has 0 saturated carbocycles. The zero-order valence-electron chi connectivity index (χ0n) is 17.0. The van der Waals surface area contributed by atoms with Crippen LogP contribution in [-0.4, -0.2) is 56.5 Å². The Morgan fingerprint density at radius 1 is 1.10 bits per heavy atom. The van der Waals surface area contributed by atoms with Gasteiger partial charge in [-0.25, -0.2) is 0 Å². The normalized spacial score (nSPS) is 14.1. The molecule has 160 valence electrons. The van der Waals surface area contributed by atoms with Gasteiger partial charge in [0.1, 0.15) is 17.8 Å². The maximum atomic E-state index is 12.3. The first-order valence-electron chi connectivity index (χ1n) is 9.64. The Morgan fingerprint density at radius 2 is 1.87 bits per heavy atom. The van der Waals surface area contributed by atoms with Crippen LogP contribution in [0.3, 0.4) is 0 Å². The number of furan rings is 1. The van der Waals surface area contributed by atoms with E-state index in [1.165, 1.54) is 26.7 Å². The Kier molecular flexibility index (Phi) is 6.95. The van der Waals surface area contributed by atoms with Gasteiger partial charge in [0.15, 0.2) is 0 Å². The summed E-state index contributed by atoms with van der Waals surface area (Å²) in [5, 5.41) is 5.21. The minimum Gasteiger partial charge on any atom is -0.497 e. The summed E-state index contributed by atoms with van der Waals surface area (Å²) in [6, 6.07) is 6.56. The van der Waals surface area contributed by atoms with Crippen molar-refractivity contribution < 1.29 is 28.3 Å². The summed E-state index contributed by atoms with van der Waals surface area (Å²) in [6.07, 6.45) is 4.40. The van der Waals surface area contributed by atoms with E-state index >= 15 is 0 Å². The summed E-state index contributed by atoms with van der Waals surface area (Å²) < 4.78 is 15.3. The molecule has 2 heterocycles. The molecular formula is C21H25N3O6. The lowest BCUT2D eigenvalue weighted by molar-refractivity contribution is -0.136. The topological polar surface area (TPSA) is 110 Å². The van der Waals surface area contributed by atoms with Crippen molar-refractivity contribution >= 4 is 23.4 Å². The second kappa shape index (κ2) is 9.82. The van der Waals surface area contributed by atoms with Gasteiger partial charge in [-0.05, 0) is 37.0 Å². The molecule has 1 aliphatic rings. The van der Waals surface area contributed by atoms with Crippen molar-refractivity contribution in [2.24, 2.45) is 5.92 Å². The van der Waals surface area contributed by atoms with E-state index in [-0.39, 0.29) is 11.8 Å². The highest BCUT2D eigenvalue weighted by Gasteiger charge is 2.25. The lowest BCUT2D eigenvalue weighted by atomic mass is 9.96. The van der Waals surface area contributed by atoms with E-state index in [0.717, 1.165) is 12.8 Å². The molecule has 0 bridgehead atoms. The lowest BCUT2D eigenvalue weighted by Crippen LogP contribution is -2.43. The van der Waals surface area contributed by atoms with Crippen molar-refractivity contribution in [2.45, 2.75) is 12.8 Å². The van der Waals surface area contributed by atoms with Crippen LogP contribution in [0.1, 0.15) is 23.2 Å². The van der Waals surface area contributed by atoms with Gasteiger partial charge in [0.25, 0.3) is 5.91 Å². The third kappa shape index (κ3) is 5.11. The van der Waals surface area contributed by atoms with Gasteiger partial charge in [0, 0.05) is 25.7 Å². The van der Waals surface area contributed by atoms with Crippen LogP contribution in [-0.2, 0) is 9.59 Å². The molecule has 0 aliphatic carbocycles. The monoisotopic (exact) mass is 415 g/mol. The minimum atomic E-state index is -0.783. The van der Waals surface area contributed by atoms with E-state index in [4.69, 9.17) is 13.9 Å². The van der Waals surface area contributed by atoms with Gasteiger partial charge in [-0.1, -0.05) is 0 Å². The molecule has 1 saturated heterocycles. The Hall–Kier alpha value is -3.49. The molecule has 3 rings (SSSR count). The smallest absolute Gasteiger partial charge is 0.313 e. The highest BCUT2D eigenvalue weighted by molar-refractivity contribution is 6.39. The molecule has 1 fully saturated rings. The van der Waals surface area contributed by atoms with Gasteiger partial charge in [0.05, 0.1) is 31.7 Å². The number of benzene rings is 1. The molecule has 0 unspecified atom stereocenters. The number of piperidine rings is 1. The molecule has 9 heteroatoms. The van der Waals surface area contributed by atoms with Gasteiger partial charge in [0.2, 0.25) is 0 Å². The Bertz CT molecular complexity index is 888. The first kappa shape index (κ1) is 21.2. The van der Waals surface area contributed by atoms with Gasteiger partial charge >= 0.3 is 11.8 Å². The van der Waals surface area contributed by atoms with E-state index < -0.39 is 11.8 Å². The fourth-order valence-corrected chi connectivity index (χ4v) is 3.32. The summed E-state index contributed by atoms with van der Waals surface area (Å²) in [7, 11) is 2.98. The van der Waals surface area contributed by atoms with Crippen molar-refractivity contribution in [3.63, 3.8) is 0 Å². The molecule has 3 amide bonds. The molecule has 1 aromatic carbocycles. The Labute approximate surface area is 174 Å². The fraction of sp³-hybridized carbons (Fsp3) is 0.381. The summed E-state index contributed by atoms with van der Waals surface area (Å²) in [6.45, 7) is 1.56. The van der Waals surface area contributed by atoms with Crippen LogP contribution < -0.4 is 20.1 Å². The van der Waals surface area contributed by atoms with E-state index in [1.807, 2.05) is 0 Å². The average molecular weight is 415 g/mol. The second-order valence-corrected chi connectivity index (χ2v) is 6.98. The Morgan fingerprint density at radius 3 is 2.50 bits per heavy atom. The maximum Gasteiger partial charge on any atom is 0.313 e. The fourth-order valence-electron chi connectivity index (χ4n) is 3.32. The summed E-state index contributed by atoms with van der Waals surface area (Å²) >= 11 is 0. The number of nitrogens with zero attached hydrogens (tertiary/aromatic N) is 1. The van der Waals surface area contributed by atoms with Crippen LogP contribution in [0.2, 0.25) is 0 Å². The van der Waals surface area contributed by atoms with Crippen LogP contribution >= 0.6 is 0 Å². The first-order valence-corrected chi connectivity index (χ1v) is 9.64. The highest BCUT2D eigenvalue weighted by Crippen LogP contribution is 2.28. The number of rotatable bonds is 6. The van der Waals surface area contributed by atoms with Crippen molar-refractivity contribution in [3.8, 4) is 11.5 Å². The first-order chi connectivity index (χ1) is 14.5. The molecule has 0 spiro atoms. The van der Waals surface area contributed by atoms with Crippen LogP contribution in [0.5, 0.6) is 11.5 Å². The summed E-state index contributed by atoms with van der Waals surface area (Å²) in [5.74, 6) is -0.417. The van der Waals surface area contributed by atoms with Crippen molar-refractivity contribution in [3.05, 3.63) is 42.4 Å². The van der Waals surface area contributed by atoms with E-state index in [0.29, 0.717) is 42.4 Å². The predicted molar refractivity (Wildman–Crippen MR) is 109 cm³/mol. The van der Waals surface area contributed by atoms with Crippen LogP contribution in [0, 0.1) is 5.92 Å². The maximum absolute atomic E-state index is 12.3. The van der Waals surface area contributed by atoms with Crippen molar-refractivity contribution in [1.82, 2.24) is 10.2 Å². The van der Waals surface area contributed by atoms with E-state index in [2.05, 4.69) is 10.6 Å². The summed E-state index contributed by atoms with van der Waals surface area (Å²) in [5.41, 5.74) is 0.884. The number of carbonyl (C=O) groups is 3. The van der Waals surface area contributed by atoms with E-state index in [1.54, 1.807) is 29.2 Å². The molecule has 2 N–H and O–H groups in total. The average Bonchev–Trinajstić information content (AvgIpc) is 3.32. The lowest BCUT2D eigenvalue weighted by Gasteiger charge is -2.31.